The molecular weight excluding hydrogens is 297 g/mol. The number of halogens is 2. The second kappa shape index (κ2) is 6.20. The van der Waals surface area contributed by atoms with E-state index in [1.165, 1.54) is 12.8 Å². The molecule has 2 rings (SSSR count). The Bertz CT molecular complexity index is 494. The zero-order chi connectivity index (χ0) is 14.9. The lowest BCUT2D eigenvalue weighted by molar-refractivity contribution is -0.120. The van der Waals surface area contributed by atoms with Gasteiger partial charge in [0, 0.05) is 11.6 Å². The molecule has 4 nitrogen and oxygen atoms in total. The van der Waals surface area contributed by atoms with Gasteiger partial charge in [0.05, 0.1) is 22.4 Å². The quantitative estimate of drug-likeness (QED) is 0.820. The second-order valence-corrected chi connectivity index (χ2v) is 6.24. The maximum atomic E-state index is 12.2. The lowest BCUT2D eigenvalue weighted by atomic mass is 10.2. The van der Waals surface area contributed by atoms with Crippen molar-refractivity contribution in [1.82, 2.24) is 4.90 Å². The minimum absolute atomic E-state index is 0.121. The van der Waals surface area contributed by atoms with Gasteiger partial charge in [0.25, 0.3) is 0 Å². The van der Waals surface area contributed by atoms with Gasteiger partial charge >= 0.3 is 0 Å². The minimum atomic E-state index is -0.234. The lowest BCUT2D eigenvalue weighted by Crippen LogP contribution is -2.40. The van der Waals surface area contributed by atoms with Gasteiger partial charge in [0.2, 0.25) is 5.91 Å². The number of nitrogens with one attached hydrogen (secondary N) is 1. The van der Waals surface area contributed by atoms with E-state index in [1.807, 2.05) is 18.9 Å². The number of nitrogen functional groups attached to an aromatic ring is 1. The number of likely N-dealkylation sites (N-methyl/N-ethyl adjacent to an activating group) is 1. The topological polar surface area (TPSA) is 58.4 Å². The Balaban J connectivity index is 2.03. The van der Waals surface area contributed by atoms with Gasteiger partial charge in [0.1, 0.15) is 0 Å². The lowest BCUT2D eigenvalue weighted by Gasteiger charge is -2.24. The molecule has 3 N–H and O–H groups in total. The third kappa shape index (κ3) is 3.78. The normalized spacial score (nSPS) is 16.2. The van der Waals surface area contributed by atoms with Crippen molar-refractivity contribution in [3.05, 3.63) is 22.2 Å². The number of benzene rings is 1. The van der Waals surface area contributed by atoms with E-state index in [1.54, 1.807) is 12.1 Å². The molecule has 1 fully saturated rings. The number of nitrogens with zero attached hydrogens (tertiary/aromatic N) is 1. The Hall–Kier alpha value is -0.970. The highest BCUT2D eigenvalue weighted by molar-refractivity contribution is 6.37. The molecule has 0 aromatic heterocycles. The van der Waals surface area contributed by atoms with E-state index < -0.39 is 0 Å². The van der Waals surface area contributed by atoms with Gasteiger partial charge in [-0.25, -0.2) is 0 Å². The molecular formula is C14H19Cl2N3O. The first kappa shape index (κ1) is 15.4. The van der Waals surface area contributed by atoms with Crippen LogP contribution in [-0.4, -0.2) is 30.4 Å². The molecule has 1 saturated carbocycles. The standard InChI is InChI=1S/C14H19Cl2N3O/c1-8(19(2)7-9-3-4-9)14(20)18-13-11(16)5-10(15)6-12(13)17/h5-6,8-9H,3-4,7,17H2,1-2H3,(H,18,20). The van der Waals surface area contributed by atoms with E-state index in [9.17, 15) is 4.79 Å². The molecule has 0 radical (unpaired) electrons. The molecule has 1 aliphatic rings. The summed E-state index contributed by atoms with van der Waals surface area (Å²) in [6.45, 7) is 2.82. The van der Waals surface area contributed by atoms with Crippen molar-refractivity contribution >= 4 is 40.5 Å². The number of nitrogens with two attached hydrogens (primary N) is 1. The highest BCUT2D eigenvalue weighted by atomic mass is 35.5. The summed E-state index contributed by atoms with van der Waals surface area (Å²) in [6, 6.07) is 2.90. The van der Waals surface area contributed by atoms with Crippen LogP contribution in [0.1, 0.15) is 19.8 Å². The Morgan fingerprint density at radius 1 is 1.50 bits per heavy atom. The average Bonchev–Trinajstić information content (AvgIpc) is 3.16. The molecule has 1 aromatic rings. The van der Waals surface area contributed by atoms with Crippen LogP contribution in [-0.2, 0) is 4.79 Å². The molecule has 110 valence electrons. The van der Waals surface area contributed by atoms with Crippen molar-refractivity contribution in [3.63, 3.8) is 0 Å². The van der Waals surface area contributed by atoms with Gasteiger partial charge in [-0.2, -0.15) is 0 Å². The van der Waals surface area contributed by atoms with Gasteiger partial charge in [-0.1, -0.05) is 23.2 Å². The van der Waals surface area contributed by atoms with Crippen LogP contribution in [0.4, 0.5) is 11.4 Å². The molecule has 0 heterocycles. The number of hydrogen-bond acceptors (Lipinski definition) is 3. The van der Waals surface area contributed by atoms with Gasteiger partial charge in [0.15, 0.2) is 0 Å². The molecule has 1 unspecified atom stereocenters. The molecule has 1 aliphatic carbocycles. The van der Waals surface area contributed by atoms with E-state index >= 15 is 0 Å². The largest absolute Gasteiger partial charge is 0.397 e. The van der Waals surface area contributed by atoms with Crippen molar-refractivity contribution in [2.24, 2.45) is 5.92 Å². The summed E-state index contributed by atoms with van der Waals surface area (Å²) >= 11 is 11.9. The van der Waals surface area contributed by atoms with Crippen LogP contribution in [0.2, 0.25) is 10.0 Å². The minimum Gasteiger partial charge on any atom is -0.397 e. The first-order valence-corrected chi connectivity index (χ1v) is 7.39. The van der Waals surface area contributed by atoms with E-state index in [2.05, 4.69) is 5.32 Å². The van der Waals surface area contributed by atoms with Gasteiger partial charge in [-0.3, -0.25) is 9.69 Å². The number of rotatable bonds is 5. The van der Waals surface area contributed by atoms with Crippen LogP contribution in [0.25, 0.3) is 0 Å². The average molecular weight is 316 g/mol. The third-order valence-corrected chi connectivity index (χ3v) is 4.13. The molecule has 0 bridgehead atoms. The number of anilines is 2. The van der Waals surface area contributed by atoms with Crippen LogP contribution < -0.4 is 11.1 Å². The van der Waals surface area contributed by atoms with Gasteiger partial charge in [-0.05, 0) is 44.9 Å². The van der Waals surface area contributed by atoms with E-state index in [-0.39, 0.29) is 11.9 Å². The second-order valence-electron chi connectivity index (χ2n) is 5.40. The van der Waals surface area contributed by atoms with E-state index in [0.29, 0.717) is 21.4 Å². The Kier molecular flexibility index (Phi) is 4.78. The summed E-state index contributed by atoms with van der Waals surface area (Å²) < 4.78 is 0. The number of carbonyl (C=O) groups excluding carboxylic acids is 1. The molecule has 6 heteroatoms. The smallest absolute Gasteiger partial charge is 0.241 e. The van der Waals surface area contributed by atoms with Crippen molar-refractivity contribution in [2.75, 3.05) is 24.6 Å². The molecule has 1 aromatic carbocycles. The van der Waals surface area contributed by atoms with Gasteiger partial charge in [-0.15, -0.1) is 0 Å². The fourth-order valence-corrected chi connectivity index (χ4v) is 2.58. The van der Waals surface area contributed by atoms with Crippen molar-refractivity contribution in [1.29, 1.82) is 0 Å². The monoisotopic (exact) mass is 315 g/mol. The zero-order valence-corrected chi connectivity index (χ0v) is 13.1. The van der Waals surface area contributed by atoms with Crippen LogP contribution in [0, 0.1) is 5.92 Å². The summed E-state index contributed by atoms with van der Waals surface area (Å²) in [5.74, 6) is 0.614. The Morgan fingerprint density at radius 3 is 2.70 bits per heavy atom. The summed E-state index contributed by atoms with van der Waals surface area (Å²) in [7, 11) is 1.95. The summed E-state index contributed by atoms with van der Waals surface area (Å²) in [4.78, 5) is 14.3. The summed E-state index contributed by atoms with van der Waals surface area (Å²) in [5.41, 5.74) is 6.63. The van der Waals surface area contributed by atoms with E-state index in [0.717, 1.165) is 12.5 Å². The summed E-state index contributed by atoms with van der Waals surface area (Å²) in [6.07, 6.45) is 2.52. The zero-order valence-electron chi connectivity index (χ0n) is 11.6. The fraction of sp³-hybridized carbons (Fsp3) is 0.500. The maximum absolute atomic E-state index is 12.2. The predicted octanol–water partition coefficient (Wildman–Crippen LogP) is 3.24. The molecule has 1 amide bonds. The highest BCUT2D eigenvalue weighted by Crippen LogP contribution is 2.33. The molecule has 0 saturated heterocycles. The van der Waals surface area contributed by atoms with Crippen LogP contribution in [0.3, 0.4) is 0 Å². The molecule has 1 atom stereocenters. The number of carbonyl (C=O) groups is 1. The van der Waals surface area contributed by atoms with Gasteiger partial charge < -0.3 is 11.1 Å². The molecule has 0 spiro atoms. The molecule has 0 aliphatic heterocycles. The maximum Gasteiger partial charge on any atom is 0.241 e. The van der Waals surface area contributed by atoms with Crippen LogP contribution in [0.5, 0.6) is 0 Å². The Morgan fingerprint density at radius 2 is 2.15 bits per heavy atom. The Labute approximate surface area is 129 Å². The molecule has 20 heavy (non-hydrogen) atoms. The number of amides is 1. The first-order valence-electron chi connectivity index (χ1n) is 6.64. The van der Waals surface area contributed by atoms with E-state index in [4.69, 9.17) is 28.9 Å². The van der Waals surface area contributed by atoms with Crippen LogP contribution >= 0.6 is 23.2 Å². The predicted molar refractivity (Wildman–Crippen MR) is 84.3 cm³/mol. The van der Waals surface area contributed by atoms with Crippen molar-refractivity contribution in [2.45, 2.75) is 25.8 Å². The third-order valence-electron chi connectivity index (χ3n) is 3.62. The van der Waals surface area contributed by atoms with Crippen molar-refractivity contribution in [3.8, 4) is 0 Å². The fourth-order valence-electron chi connectivity index (χ4n) is 2.02. The SMILES string of the molecule is CC(C(=O)Nc1c(N)cc(Cl)cc1Cl)N(C)CC1CC1. The van der Waals surface area contributed by atoms with Crippen molar-refractivity contribution < 1.29 is 4.79 Å². The number of hydrogen-bond donors (Lipinski definition) is 2. The van der Waals surface area contributed by atoms with Crippen LogP contribution in [0.15, 0.2) is 12.1 Å². The highest BCUT2D eigenvalue weighted by Gasteiger charge is 2.27. The first-order chi connectivity index (χ1) is 9.38. The summed E-state index contributed by atoms with van der Waals surface area (Å²) in [5, 5.41) is 3.58.